The number of benzene rings is 1. The minimum Gasteiger partial charge on any atom is -0.385 e. The van der Waals surface area contributed by atoms with Crippen LogP contribution in [-0.4, -0.2) is 37.6 Å². The summed E-state index contributed by atoms with van der Waals surface area (Å²) in [5.41, 5.74) is 10.1. The van der Waals surface area contributed by atoms with Gasteiger partial charge in [0.1, 0.15) is 0 Å². The van der Waals surface area contributed by atoms with E-state index >= 15 is 0 Å². The molecule has 1 aromatic rings. The molecule has 0 bridgehead atoms. The fourth-order valence-corrected chi connectivity index (χ4v) is 3.42. The highest BCUT2D eigenvalue weighted by Gasteiger charge is 2.21. The van der Waals surface area contributed by atoms with Crippen LogP contribution in [0.1, 0.15) is 36.3 Å². The van der Waals surface area contributed by atoms with Crippen LogP contribution in [0, 0.1) is 0 Å². The van der Waals surface area contributed by atoms with Crippen molar-refractivity contribution in [2.75, 3.05) is 38.0 Å². The van der Waals surface area contributed by atoms with Crippen LogP contribution in [0.25, 0.3) is 0 Å². The van der Waals surface area contributed by atoms with Gasteiger partial charge in [0.15, 0.2) is 0 Å². The highest BCUT2D eigenvalue weighted by molar-refractivity contribution is 5.54. The highest BCUT2D eigenvalue weighted by atomic mass is 15.1. The number of hydrogen-bond donors (Lipinski definition) is 2. The number of rotatable bonds is 3. The second-order valence-corrected chi connectivity index (χ2v) is 5.85. The number of fused-ring (bicyclic) bond motifs is 1. The summed E-state index contributed by atoms with van der Waals surface area (Å²) in [5.74, 6) is 0.751. The Morgan fingerprint density at radius 3 is 2.89 bits per heavy atom. The van der Waals surface area contributed by atoms with E-state index in [0.29, 0.717) is 0 Å². The molecule has 2 heterocycles. The van der Waals surface area contributed by atoms with E-state index in [9.17, 15) is 0 Å². The molecule has 0 saturated carbocycles. The summed E-state index contributed by atoms with van der Waals surface area (Å²) in [6, 6.07) is 7.07. The summed E-state index contributed by atoms with van der Waals surface area (Å²) in [6.07, 6.45) is 5.08. The first kappa shape index (κ1) is 12.9. The molecule has 1 aromatic carbocycles. The molecule has 0 atom stereocenters. The molecule has 19 heavy (non-hydrogen) atoms. The van der Waals surface area contributed by atoms with Gasteiger partial charge in [0.2, 0.25) is 0 Å². The number of nitrogens with one attached hydrogen (secondary N) is 1. The maximum absolute atomic E-state index is 5.63. The summed E-state index contributed by atoms with van der Waals surface area (Å²) in [5, 5.41) is 3.49. The van der Waals surface area contributed by atoms with Gasteiger partial charge >= 0.3 is 0 Å². The van der Waals surface area contributed by atoms with Gasteiger partial charge in [-0.1, -0.05) is 12.1 Å². The van der Waals surface area contributed by atoms with Crippen molar-refractivity contribution in [2.45, 2.75) is 31.6 Å². The van der Waals surface area contributed by atoms with E-state index < -0.39 is 0 Å². The van der Waals surface area contributed by atoms with Crippen molar-refractivity contribution in [3.63, 3.8) is 0 Å². The van der Waals surface area contributed by atoms with E-state index in [1.165, 1.54) is 50.0 Å². The summed E-state index contributed by atoms with van der Waals surface area (Å²) in [6.45, 7) is 5.38. The first-order valence-corrected chi connectivity index (χ1v) is 7.66. The molecule has 1 saturated heterocycles. The van der Waals surface area contributed by atoms with Crippen molar-refractivity contribution < 1.29 is 0 Å². The van der Waals surface area contributed by atoms with Gasteiger partial charge in [-0.2, -0.15) is 0 Å². The molecule has 2 aliphatic heterocycles. The third kappa shape index (κ3) is 2.93. The molecule has 2 aliphatic rings. The van der Waals surface area contributed by atoms with Gasteiger partial charge in [0, 0.05) is 25.3 Å². The van der Waals surface area contributed by atoms with Gasteiger partial charge in [0.25, 0.3) is 0 Å². The Morgan fingerprint density at radius 2 is 2.11 bits per heavy atom. The van der Waals surface area contributed by atoms with Gasteiger partial charge in [-0.15, -0.1) is 0 Å². The van der Waals surface area contributed by atoms with Crippen molar-refractivity contribution in [2.24, 2.45) is 5.73 Å². The van der Waals surface area contributed by atoms with Crippen LogP contribution in [0.5, 0.6) is 0 Å². The highest BCUT2D eigenvalue weighted by Crippen LogP contribution is 2.31. The standard InChI is InChI=1S/C16H25N3/c17-7-11-19-9-5-13(6-10-19)14-3-4-16-15(12-14)2-1-8-18-16/h3-4,12-13,18H,1-2,5-11,17H2. The molecule has 3 rings (SSSR count). The van der Waals surface area contributed by atoms with Gasteiger partial charge < -0.3 is 16.0 Å². The molecule has 3 N–H and O–H groups in total. The zero-order valence-corrected chi connectivity index (χ0v) is 11.7. The fourth-order valence-electron chi connectivity index (χ4n) is 3.42. The Morgan fingerprint density at radius 1 is 1.26 bits per heavy atom. The number of anilines is 1. The van der Waals surface area contributed by atoms with Crippen LogP contribution in [-0.2, 0) is 6.42 Å². The maximum atomic E-state index is 5.63. The minimum absolute atomic E-state index is 0.751. The molecule has 0 unspecified atom stereocenters. The number of aryl methyl sites for hydroxylation is 1. The Balaban J connectivity index is 1.66. The van der Waals surface area contributed by atoms with Crippen molar-refractivity contribution in [3.05, 3.63) is 29.3 Å². The zero-order valence-electron chi connectivity index (χ0n) is 11.7. The number of nitrogens with zero attached hydrogens (tertiary/aromatic N) is 1. The number of piperidine rings is 1. The Hall–Kier alpha value is -1.06. The first-order chi connectivity index (χ1) is 9.36. The average Bonchev–Trinajstić information content (AvgIpc) is 2.48. The molecule has 1 fully saturated rings. The molecule has 3 heteroatoms. The van der Waals surface area contributed by atoms with Crippen molar-refractivity contribution in [1.82, 2.24) is 4.90 Å². The average molecular weight is 259 g/mol. The Labute approximate surface area is 116 Å². The van der Waals surface area contributed by atoms with E-state index in [1.807, 2.05) is 0 Å². The second kappa shape index (κ2) is 5.93. The maximum Gasteiger partial charge on any atom is 0.0372 e. The van der Waals surface area contributed by atoms with Crippen LogP contribution in [0.4, 0.5) is 5.69 Å². The monoisotopic (exact) mass is 259 g/mol. The largest absolute Gasteiger partial charge is 0.385 e. The van der Waals surface area contributed by atoms with E-state index in [1.54, 1.807) is 5.56 Å². The third-order valence-corrected chi connectivity index (χ3v) is 4.57. The summed E-state index contributed by atoms with van der Waals surface area (Å²) in [7, 11) is 0. The normalized spacial score (nSPS) is 20.9. The Kier molecular flexibility index (Phi) is 4.04. The predicted octanol–water partition coefficient (Wildman–Crippen LogP) is 2.18. The smallest absolute Gasteiger partial charge is 0.0372 e. The summed E-state index contributed by atoms with van der Waals surface area (Å²) < 4.78 is 0. The number of likely N-dealkylation sites (tertiary alicyclic amines) is 1. The van der Waals surface area contributed by atoms with Crippen molar-refractivity contribution >= 4 is 5.69 Å². The fraction of sp³-hybridized carbons (Fsp3) is 0.625. The SMILES string of the molecule is NCCN1CCC(c2ccc3c(c2)CCCN3)CC1. The van der Waals surface area contributed by atoms with Crippen molar-refractivity contribution in [3.8, 4) is 0 Å². The van der Waals surface area contributed by atoms with Gasteiger partial charge in [0.05, 0.1) is 0 Å². The topological polar surface area (TPSA) is 41.3 Å². The third-order valence-electron chi connectivity index (χ3n) is 4.57. The van der Waals surface area contributed by atoms with E-state index in [4.69, 9.17) is 5.73 Å². The summed E-state index contributed by atoms with van der Waals surface area (Å²) in [4.78, 5) is 2.50. The van der Waals surface area contributed by atoms with Crippen LogP contribution < -0.4 is 11.1 Å². The van der Waals surface area contributed by atoms with Gasteiger partial charge in [-0.3, -0.25) is 0 Å². The molecule has 0 aliphatic carbocycles. The van der Waals surface area contributed by atoms with Crippen LogP contribution in [0.15, 0.2) is 18.2 Å². The quantitative estimate of drug-likeness (QED) is 0.874. The van der Waals surface area contributed by atoms with Crippen LogP contribution in [0.2, 0.25) is 0 Å². The molecule has 0 amide bonds. The number of nitrogens with two attached hydrogens (primary N) is 1. The molecule has 0 aromatic heterocycles. The van der Waals surface area contributed by atoms with E-state index in [-0.39, 0.29) is 0 Å². The lowest BCUT2D eigenvalue weighted by molar-refractivity contribution is 0.217. The lowest BCUT2D eigenvalue weighted by Gasteiger charge is -2.32. The molecule has 0 radical (unpaired) electrons. The van der Waals surface area contributed by atoms with E-state index in [2.05, 4.69) is 28.4 Å². The number of hydrogen-bond acceptors (Lipinski definition) is 3. The van der Waals surface area contributed by atoms with Crippen molar-refractivity contribution in [1.29, 1.82) is 0 Å². The second-order valence-electron chi connectivity index (χ2n) is 5.85. The molecule has 104 valence electrons. The molecular weight excluding hydrogens is 234 g/mol. The van der Waals surface area contributed by atoms with Crippen LogP contribution >= 0.6 is 0 Å². The predicted molar refractivity (Wildman–Crippen MR) is 80.7 cm³/mol. The molecular formula is C16H25N3. The van der Waals surface area contributed by atoms with Crippen LogP contribution in [0.3, 0.4) is 0 Å². The van der Waals surface area contributed by atoms with Gasteiger partial charge in [-0.25, -0.2) is 0 Å². The molecule has 0 spiro atoms. The Bertz CT molecular complexity index is 422. The zero-order chi connectivity index (χ0) is 13.1. The first-order valence-electron chi connectivity index (χ1n) is 7.66. The van der Waals surface area contributed by atoms with E-state index in [0.717, 1.165) is 25.6 Å². The summed E-state index contributed by atoms with van der Waals surface area (Å²) >= 11 is 0. The minimum atomic E-state index is 0.751. The lowest BCUT2D eigenvalue weighted by atomic mass is 9.87. The molecule has 3 nitrogen and oxygen atoms in total. The lowest BCUT2D eigenvalue weighted by Crippen LogP contribution is -2.36. The van der Waals surface area contributed by atoms with Gasteiger partial charge in [-0.05, 0) is 61.9 Å².